The minimum Gasteiger partial charge on any atom is -0.497 e. The predicted molar refractivity (Wildman–Crippen MR) is 120 cm³/mol. The molecule has 0 amide bonds. The first-order valence-electron chi connectivity index (χ1n) is 10.3. The number of aliphatic hydroxyl groups is 1. The molecule has 2 aromatic rings. The minimum absolute atomic E-state index is 0.00441. The van der Waals surface area contributed by atoms with Gasteiger partial charge in [-0.05, 0) is 44.7 Å². The second-order valence-electron chi connectivity index (χ2n) is 6.53. The number of rotatable bonds is 7. The van der Waals surface area contributed by atoms with Crippen LogP contribution in [-0.2, 0) is 6.42 Å². The van der Waals surface area contributed by atoms with Gasteiger partial charge in [-0.25, -0.2) is 0 Å². The predicted octanol–water partition coefficient (Wildman–Crippen LogP) is 6.24. The van der Waals surface area contributed by atoms with Crippen LogP contribution in [0.3, 0.4) is 0 Å². The molecular weight excluding hydrogens is 352 g/mol. The maximum Gasteiger partial charge on any atom is 0.193 e. The van der Waals surface area contributed by atoms with Crippen molar-refractivity contribution in [2.45, 2.75) is 73.1 Å². The number of methoxy groups -OCH3 is 1. The highest BCUT2D eigenvalue weighted by Gasteiger charge is 2.13. The standard InChI is InChI=1S/C18H24O4.C4H8.C2H6/c1-12(2)16-11-15(20)18-13(7-5-4-6-8-19)9-14(21-3)10-17(18)22-16;1-3-4-2;1-2/h9-12,19H,4-8H2,1-3H3;3-4H,1-2H3;1-2H3/b;4-3-;. The summed E-state index contributed by atoms with van der Waals surface area (Å²) >= 11 is 0. The molecule has 0 spiro atoms. The van der Waals surface area contributed by atoms with Crippen LogP contribution < -0.4 is 10.2 Å². The number of hydrogen-bond donors (Lipinski definition) is 1. The largest absolute Gasteiger partial charge is 0.497 e. The molecule has 4 nitrogen and oxygen atoms in total. The molecular formula is C24H38O4. The molecule has 28 heavy (non-hydrogen) atoms. The lowest BCUT2D eigenvalue weighted by atomic mass is 10.0. The Kier molecular flexibility index (Phi) is 13.8. The number of ether oxygens (including phenoxy) is 1. The Balaban J connectivity index is 0.00000108. The first-order valence-corrected chi connectivity index (χ1v) is 10.3. The van der Waals surface area contributed by atoms with Gasteiger partial charge in [-0.1, -0.05) is 46.3 Å². The van der Waals surface area contributed by atoms with Gasteiger partial charge < -0.3 is 14.3 Å². The third-order valence-corrected chi connectivity index (χ3v) is 4.15. The van der Waals surface area contributed by atoms with Crippen LogP contribution in [0.15, 0.2) is 39.6 Å². The van der Waals surface area contributed by atoms with Crippen LogP contribution >= 0.6 is 0 Å². The van der Waals surface area contributed by atoms with Crippen molar-refractivity contribution in [3.63, 3.8) is 0 Å². The van der Waals surface area contributed by atoms with Crippen molar-refractivity contribution in [1.82, 2.24) is 0 Å². The topological polar surface area (TPSA) is 59.7 Å². The number of aliphatic hydroxyl groups excluding tert-OH is 1. The summed E-state index contributed by atoms with van der Waals surface area (Å²) in [4.78, 5) is 12.5. The smallest absolute Gasteiger partial charge is 0.193 e. The Morgan fingerprint density at radius 1 is 1.07 bits per heavy atom. The van der Waals surface area contributed by atoms with Gasteiger partial charge in [-0.2, -0.15) is 0 Å². The molecule has 1 heterocycles. The van der Waals surface area contributed by atoms with E-state index in [1.54, 1.807) is 19.2 Å². The summed E-state index contributed by atoms with van der Waals surface area (Å²) in [5, 5.41) is 9.51. The van der Waals surface area contributed by atoms with Crippen LogP contribution in [0.5, 0.6) is 5.75 Å². The molecule has 0 saturated carbocycles. The van der Waals surface area contributed by atoms with E-state index in [4.69, 9.17) is 14.3 Å². The molecule has 0 aliphatic heterocycles. The number of fused-ring (bicyclic) bond motifs is 1. The highest BCUT2D eigenvalue weighted by molar-refractivity contribution is 5.82. The Bertz CT molecular complexity index is 753. The zero-order chi connectivity index (χ0) is 21.5. The molecule has 2 rings (SSSR count). The van der Waals surface area contributed by atoms with Gasteiger partial charge in [0, 0.05) is 24.7 Å². The van der Waals surface area contributed by atoms with Gasteiger partial charge in [0.05, 0.1) is 12.5 Å². The lowest BCUT2D eigenvalue weighted by Gasteiger charge is -2.11. The normalized spacial score (nSPS) is 10.5. The van der Waals surface area contributed by atoms with Crippen molar-refractivity contribution in [2.75, 3.05) is 13.7 Å². The van der Waals surface area contributed by atoms with E-state index in [9.17, 15) is 4.79 Å². The van der Waals surface area contributed by atoms with E-state index in [0.717, 1.165) is 31.2 Å². The number of allylic oxidation sites excluding steroid dienone is 2. The van der Waals surface area contributed by atoms with E-state index in [1.807, 2.05) is 59.8 Å². The van der Waals surface area contributed by atoms with Crippen molar-refractivity contribution in [3.8, 4) is 5.75 Å². The zero-order valence-electron chi connectivity index (χ0n) is 18.7. The maximum absolute atomic E-state index is 12.5. The number of benzene rings is 1. The van der Waals surface area contributed by atoms with E-state index in [1.165, 1.54) is 0 Å². The van der Waals surface area contributed by atoms with Crippen LogP contribution in [0.1, 0.15) is 78.0 Å². The van der Waals surface area contributed by atoms with E-state index < -0.39 is 0 Å². The average molecular weight is 391 g/mol. The van der Waals surface area contributed by atoms with Crippen LogP contribution in [-0.4, -0.2) is 18.8 Å². The highest BCUT2D eigenvalue weighted by atomic mass is 16.5. The molecule has 0 aliphatic rings. The lowest BCUT2D eigenvalue weighted by Crippen LogP contribution is -2.07. The Hall–Kier alpha value is -2.07. The minimum atomic E-state index is 0.00441. The van der Waals surface area contributed by atoms with Crippen molar-refractivity contribution in [3.05, 3.63) is 51.9 Å². The van der Waals surface area contributed by atoms with Gasteiger partial charge in [-0.3, -0.25) is 4.79 Å². The Labute approximate surface area is 170 Å². The first-order chi connectivity index (χ1) is 13.5. The average Bonchev–Trinajstić information content (AvgIpc) is 2.72. The maximum atomic E-state index is 12.5. The Morgan fingerprint density at radius 3 is 2.21 bits per heavy atom. The molecule has 0 bridgehead atoms. The van der Waals surface area contributed by atoms with Crippen molar-refractivity contribution < 1.29 is 14.3 Å². The highest BCUT2D eigenvalue weighted by Crippen LogP contribution is 2.27. The van der Waals surface area contributed by atoms with Crippen molar-refractivity contribution in [1.29, 1.82) is 0 Å². The zero-order valence-corrected chi connectivity index (χ0v) is 18.7. The second-order valence-corrected chi connectivity index (χ2v) is 6.53. The number of aryl methyl sites for hydroxylation is 1. The van der Waals surface area contributed by atoms with Gasteiger partial charge in [0.15, 0.2) is 5.43 Å². The monoisotopic (exact) mass is 390 g/mol. The van der Waals surface area contributed by atoms with Gasteiger partial charge >= 0.3 is 0 Å². The fourth-order valence-electron chi connectivity index (χ4n) is 2.57. The summed E-state index contributed by atoms with van der Waals surface area (Å²) in [5.41, 5.74) is 1.55. The third kappa shape index (κ3) is 8.30. The first kappa shape index (κ1) is 25.9. The molecule has 4 heteroatoms. The summed E-state index contributed by atoms with van der Waals surface area (Å²) < 4.78 is 11.2. The molecule has 0 aliphatic carbocycles. The summed E-state index contributed by atoms with van der Waals surface area (Å²) in [7, 11) is 1.61. The van der Waals surface area contributed by atoms with Crippen molar-refractivity contribution in [2.24, 2.45) is 0 Å². The summed E-state index contributed by atoms with van der Waals surface area (Å²) in [6.45, 7) is 12.2. The number of hydrogen-bond acceptors (Lipinski definition) is 4. The van der Waals surface area contributed by atoms with E-state index in [0.29, 0.717) is 22.5 Å². The van der Waals surface area contributed by atoms with Crippen LogP contribution in [0, 0.1) is 0 Å². The van der Waals surface area contributed by atoms with Gasteiger partial charge in [0.25, 0.3) is 0 Å². The molecule has 1 aromatic heterocycles. The molecule has 1 aromatic carbocycles. The van der Waals surface area contributed by atoms with Crippen LogP contribution in [0.2, 0.25) is 0 Å². The third-order valence-electron chi connectivity index (χ3n) is 4.15. The SMILES string of the molecule is C/C=C\C.CC.COc1cc(CCCCCO)c2c(=O)cc(C(C)C)oc2c1. The number of unbranched alkanes of at least 4 members (excludes halogenated alkanes) is 2. The van der Waals surface area contributed by atoms with E-state index >= 15 is 0 Å². The van der Waals surface area contributed by atoms with E-state index in [-0.39, 0.29) is 18.0 Å². The van der Waals surface area contributed by atoms with Gasteiger partial charge in [0.2, 0.25) is 0 Å². The van der Waals surface area contributed by atoms with Crippen LogP contribution in [0.25, 0.3) is 11.0 Å². The molecule has 0 unspecified atom stereocenters. The second kappa shape index (κ2) is 14.9. The van der Waals surface area contributed by atoms with Gasteiger partial charge in [-0.15, -0.1) is 0 Å². The fourth-order valence-corrected chi connectivity index (χ4v) is 2.57. The molecule has 1 N–H and O–H groups in total. The Morgan fingerprint density at radius 2 is 1.71 bits per heavy atom. The molecule has 0 atom stereocenters. The summed E-state index contributed by atoms with van der Waals surface area (Å²) in [5.74, 6) is 1.56. The molecule has 158 valence electrons. The molecule has 0 saturated heterocycles. The summed E-state index contributed by atoms with van der Waals surface area (Å²) in [6.07, 6.45) is 7.42. The quantitative estimate of drug-likeness (QED) is 0.449. The lowest BCUT2D eigenvalue weighted by molar-refractivity contribution is 0.283. The fraction of sp³-hybridized carbons (Fsp3) is 0.542. The van der Waals surface area contributed by atoms with Gasteiger partial charge in [0.1, 0.15) is 17.1 Å². The summed E-state index contributed by atoms with van der Waals surface area (Å²) in [6, 6.07) is 5.28. The van der Waals surface area contributed by atoms with Crippen molar-refractivity contribution >= 4 is 11.0 Å². The molecule has 0 radical (unpaired) electrons. The van der Waals surface area contributed by atoms with E-state index in [2.05, 4.69) is 0 Å². The van der Waals surface area contributed by atoms with Crippen LogP contribution in [0.4, 0.5) is 0 Å². The molecule has 0 fully saturated rings.